The van der Waals surface area contributed by atoms with E-state index in [4.69, 9.17) is 16.3 Å². The van der Waals surface area contributed by atoms with Gasteiger partial charge in [0, 0.05) is 24.0 Å². The monoisotopic (exact) mass is 357 g/mol. The Balaban J connectivity index is 1.60. The Morgan fingerprint density at radius 1 is 1.24 bits per heavy atom. The molecule has 2 aromatic rings. The van der Waals surface area contributed by atoms with Crippen molar-refractivity contribution in [2.75, 3.05) is 13.7 Å². The number of halogens is 1. The number of amides is 1. The molecule has 0 aliphatic carbocycles. The quantitative estimate of drug-likeness (QED) is 0.761. The molecule has 0 bridgehead atoms. The van der Waals surface area contributed by atoms with Crippen molar-refractivity contribution < 1.29 is 9.53 Å². The Labute approximate surface area is 154 Å². The average molecular weight is 358 g/mol. The fourth-order valence-electron chi connectivity index (χ4n) is 3.53. The second-order valence-electron chi connectivity index (χ2n) is 6.53. The Morgan fingerprint density at radius 3 is 2.88 bits per heavy atom. The standard InChI is InChI=1S/C21H24ClNO2/c1-25-19-9-4-6-16(15-19)14-18-8-5-13-23(18)21(24)12-11-17-7-2-3-10-20(17)22/h2-4,6-7,9-10,15,18H,5,8,11-14H2,1H3. The van der Waals surface area contributed by atoms with Gasteiger partial charge in [0.2, 0.25) is 5.91 Å². The van der Waals surface area contributed by atoms with E-state index < -0.39 is 0 Å². The van der Waals surface area contributed by atoms with Crippen molar-refractivity contribution in [1.82, 2.24) is 4.90 Å². The highest BCUT2D eigenvalue weighted by molar-refractivity contribution is 6.31. The minimum atomic E-state index is 0.227. The van der Waals surface area contributed by atoms with Gasteiger partial charge in [-0.15, -0.1) is 0 Å². The van der Waals surface area contributed by atoms with Gasteiger partial charge >= 0.3 is 0 Å². The molecule has 2 aromatic carbocycles. The number of hydrogen-bond acceptors (Lipinski definition) is 2. The molecule has 0 N–H and O–H groups in total. The summed E-state index contributed by atoms with van der Waals surface area (Å²) >= 11 is 6.20. The van der Waals surface area contributed by atoms with Crippen molar-refractivity contribution in [3.8, 4) is 5.75 Å². The molecule has 1 unspecified atom stereocenters. The van der Waals surface area contributed by atoms with Crippen LogP contribution in [0.3, 0.4) is 0 Å². The summed E-state index contributed by atoms with van der Waals surface area (Å²) in [4.78, 5) is 14.8. The van der Waals surface area contributed by atoms with Crippen LogP contribution in [-0.2, 0) is 17.6 Å². The van der Waals surface area contributed by atoms with Crippen LogP contribution >= 0.6 is 11.6 Å². The lowest BCUT2D eigenvalue weighted by Crippen LogP contribution is -2.36. The summed E-state index contributed by atoms with van der Waals surface area (Å²) < 4.78 is 5.30. The summed E-state index contributed by atoms with van der Waals surface area (Å²) in [6.45, 7) is 0.857. The van der Waals surface area contributed by atoms with Crippen LogP contribution in [0.5, 0.6) is 5.75 Å². The van der Waals surface area contributed by atoms with Crippen molar-refractivity contribution >= 4 is 17.5 Å². The Bertz CT molecular complexity index is 731. The molecule has 3 rings (SSSR count). The summed E-state index contributed by atoms with van der Waals surface area (Å²) in [5.74, 6) is 1.09. The second kappa shape index (κ2) is 8.39. The van der Waals surface area contributed by atoms with Crippen LogP contribution in [0.15, 0.2) is 48.5 Å². The van der Waals surface area contributed by atoms with E-state index in [2.05, 4.69) is 17.0 Å². The van der Waals surface area contributed by atoms with Crippen molar-refractivity contribution in [3.63, 3.8) is 0 Å². The maximum Gasteiger partial charge on any atom is 0.223 e. The summed E-state index contributed by atoms with van der Waals surface area (Å²) in [5.41, 5.74) is 2.26. The number of methoxy groups -OCH3 is 1. The van der Waals surface area contributed by atoms with Gasteiger partial charge in [0.25, 0.3) is 0 Å². The van der Waals surface area contributed by atoms with Crippen LogP contribution in [0, 0.1) is 0 Å². The first-order valence-electron chi connectivity index (χ1n) is 8.83. The van der Waals surface area contributed by atoms with Crippen LogP contribution in [0.25, 0.3) is 0 Å². The van der Waals surface area contributed by atoms with Crippen molar-refractivity contribution in [1.29, 1.82) is 0 Å². The molecule has 0 saturated carbocycles. The molecule has 25 heavy (non-hydrogen) atoms. The number of aryl methyl sites for hydroxylation is 1. The Kier molecular flexibility index (Phi) is 5.98. The third kappa shape index (κ3) is 4.55. The highest BCUT2D eigenvalue weighted by Gasteiger charge is 2.28. The fraction of sp³-hybridized carbons (Fsp3) is 0.381. The van der Waals surface area contributed by atoms with Crippen molar-refractivity contribution in [2.24, 2.45) is 0 Å². The van der Waals surface area contributed by atoms with E-state index >= 15 is 0 Å². The third-order valence-electron chi connectivity index (χ3n) is 4.87. The number of carbonyl (C=O) groups excluding carboxylic acids is 1. The number of benzene rings is 2. The van der Waals surface area contributed by atoms with Gasteiger partial charge in [-0.05, 0) is 55.0 Å². The number of hydrogen-bond donors (Lipinski definition) is 0. The van der Waals surface area contributed by atoms with Gasteiger partial charge in [0.1, 0.15) is 5.75 Å². The number of ether oxygens (including phenoxy) is 1. The topological polar surface area (TPSA) is 29.5 Å². The van der Waals surface area contributed by atoms with E-state index in [0.29, 0.717) is 12.8 Å². The van der Waals surface area contributed by atoms with E-state index in [-0.39, 0.29) is 11.9 Å². The van der Waals surface area contributed by atoms with Crippen LogP contribution in [0.2, 0.25) is 5.02 Å². The van der Waals surface area contributed by atoms with Crippen LogP contribution in [0.1, 0.15) is 30.4 Å². The lowest BCUT2D eigenvalue weighted by Gasteiger charge is -2.25. The van der Waals surface area contributed by atoms with Crippen molar-refractivity contribution in [3.05, 3.63) is 64.7 Å². The molecule has 0 aromatic heterocycles. The van der Waals surface area contributed by atoms with E-state index in [1.54, 1.807) is 7.11 Å². The van der Waals surface area contributed by atoms with Gasteiger partial charge < -0.3 is 9.64 Å². The molecule has 0 spiro atoms. The Hall–Kier alpha value is -2.00. The molecule has 1 amide bonds. The molecule has 1 saturated heterocycles. The summed E-state index contributed by atoms with van der Waals surface area (Å²) in [5, 5.41) is 0.740. The molecule has 132 valence electrons. The van der Waals surface area contributed by atoms with Gasteiger partial charge in [-0.25, -0.2) is 0 Å². The van der Waals surface area contributed by atoms with E-state index in [0.717, 1.165) is 42.1 Å². The zero-order valence-corrected chi connectivity index (χ0v) is 15.3. The molecule has 1 aliphatic heterocycles. The lowest BCUT2D eigenvalue weighted by molar-refractivity contribution is -0.131. The average Bonchev–Trinajstić information content (AvgIpc) is 3.09. The molecule has 1 atom stereocenters. The zero-order valence-electron chi connectivity index (χ0n) is 14.6. The number of likely N-dealkylation sites (tertiary alicyclic amines) is 1. The normalized spacial score (nSPS) is 16.9. The smallest absolute Gasteiger partial charge is 0.223 e. The third-order valence-corrected chi connectivity index (χ3v) is 5.24. The molecule has 0 radical (unpaired) electrons. The fourth-order valence-corrected chi connectivity index (χ4v) is 3.76. The first kappa shape index (κ1) is 17.8. The van der Waals surface area contributed by atoms with E-state index in [1.807, 2.05) is 36.4 Å². The van der Waals surface area contributed by atoms with Gasteiger partial charge in [0.05, 0.1) is 7.11 Å². The maximum absolute atomic E-state index is 12.7. The number of carbonyl (C=O) groups is 1. The van der Waals surface area contributed by atoms with E-state index in [9.17, 15) is 4.79 Å². The van der Waals surface area contributed by atoms with Gasteiger partial charge in [0.15, 0.2) is 0 Å². The van der Waals surface area contributed by atoms with Gasteiger partial charge in [-0.2, -0.15) is 0 Å². The molecule has 3 nitrogen and oxygen atoms in total. The van der Waals surface area contributed by atoms with Gasteiger partial charge in [-0.3, -0.25) is 4.79 Å². The largest absolute Gasteiger partial charge is 0.497 e. The summed E-state index contributed by atoms with van der Waals surface area (Å²) in [6.07, 6.45) is 4.23. The highest BCUT2D eigenvalue weighted by atomic mass is 35.5. The lowest BCUT2D eigenvalue weighted by atomic mass is 10.0. The first-order valence-corrected chi connectivity index (χ1v) is 9.21. The number of rotatable bonds is 6. The van der Waals surface area contributed by atoms with Crippen LogP contribution in [-0.4, -0.2) is 30.5 Å². The van der Waals surface area contributed by atoms with Gasteiger partial charge in [-0.1, -0.05) is 41.9 Å². The minimum absolute atomic E-state index is 0.227. The minimum Gasteiger partial charge on any atom is -0.497 e. The maximum atomic E-state index is 12.7. The number of nitrogens with zero attached hydrogens (tertiary/aromatic N) is 1. The van der Waals surface area contributed by atoms with E-state index in [1.165, 1.54) is 5.56 Å². The van der Waals surface area contributed by atoms with Crippen molar-refractivity contribution in [2.45, 2.75) is 38.1 Å². The zero-order chi connectivity index (χ0) is 17.6. The predicted molar refractivity (Wildman–Crippen MR) is 101 cm³/mol. The molecular formula is C21H24ClNO2. The molecular weight excluding hydrogens is 334 g/mol. The molecule has 4 heteroatoms. The highest BCUT2D eigenvalue weighted by Crippen LogP contribution is 2.25. The summed E-state index contributed by atoms with van der Waals surface area (Å²) in [6, 6.07) is 16.2. The predicted octanol–water partition coefficient (Wildman–Crippen LogP) is 4.51. The van der Waals surface area contributed by atoms with Crippen LogP contribution < -0.4 is 4.74 Å². The Morgan fingerprint density at radius 2 is 2.08 bits per heavy atom. The summed E-state index contributed by atoms with van der Waals surface area (Å²) in [7, 11) is 1.68. The molecule has 1 aliphatic rings. The second-order valence-corrected chi connectivity index (χ2v) is 6.94. The molecule has 1 heterocycles. The molecule has 1 fully saturated rings. The SMILES string of the molecule is COc1cccc(CC2CCCN2C(=O)CCc2ccccc2Cl)c1. The first-order chi connectivity index (χ1) is 12.2. The van der Waals surface area contributed by atoms with Crippen LogP contribution in [0.4, 0.5) is 0 Å².